The van der Waals surface area contributed by atoms with Crippen LogP contribution in [0, 0.1) is 5.92 Å². The van der Waals surface area contributed by atoms with Gasteiger partial charge in [-0.1, -0.05) is 11.6 Å². The summed E-state index contributed by atoms with van der Waals surface area (Å²) in [5, 5.41) is 2.00. The largest absolute Gasteiger partial charge is 0.495 e. The minimum Gasteiger partial charge on any atom is -0.495 e. The van der Waals surface area contributed by atoms with Crippen molar-refractivity contribution in [2.45, 2.75) is 25.6 Å². The molecule has 2 rings (SSSR count). The highest BCUT2D eigenvalue weighted by Gasteiger charge is 2.38. The van der Waals surface area contributed by atoms with Crippen LogP contribution in [-0.4, -0.2) is 50.3 Å². The maximum absolute atomic E-state index is 12.3. The van der Waals surface area contributed by atoms with E-state index in [0.29, 0.717) is 16.5 Å². The van der Waals surface area contributed by atoms with Gasteiger partial charge < -0.3 is 19.7 Å². The summed E-state index contributed by atoms with van der Waals surface area (Å²) in [6.07, 6.45) is -6.18. The molecule has 0 aromatic heterocycles. The van der Waals surface area contributed by atoms with E-state index < -0.39 is 36.6 Å². The van der Waals surface area contributed by atoms with E-state index in [2.05, 4.69) is 0 Å². The number of nitrogens with one attached hydrogen (secondary N) is 1. The van der Waals surface area contributed by atoms with Crippen molar-refractivity contribution in [1.82, 2.24) is 5.32 Å². The number of rotatable bonds is 6. The van der Waals surface area contributed by atoms with Crippen molar-refractivity contribution in [2.24, 2.45) is 5.92 Å². The standard InChI is InChI=1S/C17H18ClF3N2O5/c1-9(15(25)22-8-17(19,20)21)28-16(26)10-5-14(24)23(7-10)12-6-11(18)3-4-13(12)27-2/h3-4,6,9-10H,5,7-8H2,1-2H3,(H,22,25)/t9-,10+/m1/s1. The summed E-state index contributed by atoms with van der Waals surface area (Å²) in [5.74, 6) is -2.81. The zero-order valence-electron chi connectivity index (χ0n) is 15.0. The maximum Gasteiger partial charge on any atom is 0.405 e. The average molecular weight is 423 g/mol. The Bertz CT molecular complexity index is 772. The molecule has 1 aliphatic heterocycles. The summed E-state index contributed by atoms with van der Waals surface area (Å²) >= 11 is 5.95. The molecule has 0 radical (unpaired) electrons. The summed E-state index contributed by atoms with van der Waals surface area (Å²) in [7, 11) is 1.42. The monoisotopic (exact) mass is 422 g/mol. The van der Waals surface area contributed by atoms with Gasteiger partial charge >= 0.3 is 12.1 Å². The Morgan fingerprint density at radius 3 is 2.68 bits per heavy atom. The molecular weight excluding hydrogens is 405 g/mol. The van der Waals surface area contributed by atoms with E-state index >= 15 is 0 Å². The van der Waals surface area contributed by atoms with Crippen LogP contribution >= 0.6 is 11.6 Å². The van der Waals surface area contributed by atoms with Gasteiger partial charge in [-0.15, -0.1) is 0 Å². The molecule has 1 aliphatic rings. The zero-order chi connectivity index (χ0) is 21.1. The maximum atomic E-state index is 12.3. The lowest BCUT2D eigenvalue weighted by Gasteiger charge is -2.20. The lowest BCUT2D eigenvalue weighted by atomic mass is 10.1. The lowest BCUT2D eigenvalue weighted by Crippen LogP contribution is -2.41. The van der Waals surface area contributed by atoms with Crippen LogP contribution < -0.4 is 15.0 Å². The summed E-state index contributed by atoms with van der Waals surface area (Å²) in [6.45, 7) is -0.415. The molecule has 0 unspecified atom stereocenters. The molecule has 1 N–H and O–H groups in total. The Kier molecular flexibility index (Phi) is 6.76. The van der Waals surface area contributed by atoms with E-state index in [1.807, 2.05) is 0 Å². The Hall–Kier alpha value is -2.49. The molecule has 1 aromatic carbocycles. The van der Waals surface area contributed by atoms with E-state index in [1.54, 1.807) is 17.4 Å². The van der Waals surface area contributed by atoms with Crippen LogP contribution in [0.3, 0.4) is 0 Å². The molecule has 2 atom stereocenters. The number of methoxy groups -OCH3 is 1. The second-order valence-electron chi connectivity index (χ2n) is 6.13. The third kappa shape index (κ3) is 5.51. The molecule has 1 fully saturated rings. The molecule has 0 bridgehead atoms. The fourth-order valence-electron chi connectivity index (χ4n) is 2.63. The van der Waals surface area contributed by atoms with Crippen molar-refractivity contribution in [3.63, 3.8) is 0 Å². The predicted molar refractivity (Wildman–Crippen MR) is 93.1 cm³/mol. The van der Waals surface area contributed by atoms with Crippen molar-refractivity contribution in [1.29, 1.82) is 0 Å². The van der Waals surface area contributed by atoms with E-state index in [-0.39, 0.29) is 18.9 Å². The minimum atomic E-state index is -4.58. The first-order chi connectivity index (χ1) is 13.0. The van der Waals surface area contributed by atoms with Crippen molar-refractivity contribution >= 4 is 35.1 Å². The van der Waals surface area contributed by atoms with Crippen LogP contribution in [0.5, 0.6) is 5.75 Å². The van der Waals surface area contributed by atoms with Gasteiger partial charge in [0.1, 0.15) is 12.3 Å². The number of carbonyl (C=O) groups excluding carboxylic acids is 3. The number of alkyl halides is 3. The first kappa shape index (κ1) is 21.8. The topological polar surface area (TPSA) is 84.9 Å². The van der Waals surface area contributed by atoms with Crippen LogP contribution in [0.4, 0.5) is 18.9 Å². The summed E-state index contributed by atoms with van der Waals surface area (Å²) in [4.78, 5) is 37.5. The zero-order valence-corrected chi connectivity index (χ0v) is 15.8. The first-order valence-corrected chi connectivity index (χ1v) is 8.58. The highest BCUT2D eigenvalue weighted by Crippen LogP contribution is 2.35. The van der Waals surface area contributed by atoms with E-state index in [4.69, 9.17) is 21.1 Å². The number of anilines is 1. The summed E-state index contributed by atoms with van der Waals surface area (Å²) in [5.41, 5.74) is 0.381. The number of esters is 1. The van der Waals surface area contributed by atoms with Gasteiger partial charge in [-0.3, -0.25) is 14.4 Å². The first-order valence-electron chi connectivity index (χ1n) is 8.20. The molecule has 1 aromatic rings. The number of hydrogen-bond donors (Lipinski definition) is 1. The molecule has 1 saturated heterocycles. The van der Waals surface area contributed by atoms with Gasteiger partial charge in [-0.2, -0.15) is 13.2 Å². The number of benzene rings is 1. The van der Waals surface area contributed by atoms with Crippen molar-refractivity contribution in [3.05, 3.63) is 23.2 Å². The van der Waals surface area contributed by atoms with E-state index in [0.717, 1.165) is 6.92 Å². The lowest BCUT2D eigenvalue weighted by molar-refractivity contribution is -0.160. The summed E-state index contributed by atoms with van der Waals surface area (Å²) in [6, 6.07) is 4.67. The third-order valence-electron chi connectivity index (χ3n) is 4.02. The summed E-state index contributed by atoms with van der Waals surface area (Å²) < 4.78 is 46.5. The van der Waals surface area contributed by atoms with Crippen LogP contribution in [0.25, 0.3) is 0 Å². The predicted octanol–water partition coefficient (Wildman–Crippen LogP) is 2.31. The fourth-order valence-corrected chi connectivity index (χ4v) is 2.79. The smallest absolute Gasteiger partial charge is 0.405 e. The normalized spacial score (nSPS) is 18.0. The Balaban J connectivity index is 2.00. The number of hydrogen-bond acceptors (Lipinski definition) is 5. The minimum absolute atomic E-state index is 0.0364. The molecule has 154 valence electrons. The molecule has 28 heavy (non-hydrogen) atoms. The van der Waals surface area contributed by atoms with Crippen LogP contribution in [0.1, 0.15) is 13.3 Å². The molecule has 0 spiro atoms. The SMILES string of the molecule is COc1ccc(Cl)cc1N1C[C@@H](C(=O)O[C@H](C)C(=O)NCC(F)(F)F)CC1=O. The average Bonchev–Trinajstić information content (AvgIpc) is 3.00. The number of nitrogens with zero attached hydrogens (tertiary/aromatic N) is 1. The van der Waals surface area contributed by atoms with Gasteiger partial charge in [0, 0.05) is 18.0 Å². The Morgan fingerprint density at radius 1 is 1.39 bits per heavy atom. The van der Waals surface area contributed by atoms with Gasteiger partial charge in [0.05, 0.1) is 18.7 Å². The van der Waals surface area contributed by atoms with Gasteiger partial charge in [0.25, 0.3) is 5.91 Å². The van der Waals surface area contributed by atoms with Crippen molar-refractivity contribution in [2.75, 3.05) is 25.1 Å². The van der Waals surface area contributed by atoms with Crippen LogP contribution in [-0.2, 0) is 19.1 Å². The highest BCUT2D eigenvalue weighted by molar-refractivity contribution is 6.31. The Morgan fingerprint density at radius 2 is 2.07 bits per heavy atom. The number of amides is 2. The van der Waals surface area contributed by atoms with Gasteiger partial charge in [0.15, 0.2) is 6.10 Å². The van der Waals surface area contributed by atoms with Crippen molar-refractivity contribution < 1.29 is 37.0 Å². The quantitative estimate of drug-likeness (QED) is 0.711. The van der Waals surface area contributed by atoms with E-state index in [9.17, 15) is 27.6 Å². The van der Waals surface area contributed by atoms with Crippen molar-refractivity contribution in [3.8, 4) is 5.75 Å². The number of ether oxygens (including phenoxy) is 2. The van der Waals surface area contributed by atoms with Gasteiger partial charge in [0.2, 0.25) is 5.91 Å². The molecular formula is C17H18ClF3N2O5. The fraction of sp³-hybridized carbons (Fsp3) is 0.471. The molecule has 7 nitrogen and oxygen atoms in total. The molecule has 11 heteroatoms. The Labute approximate surface area is 163 Å². The highest BCUT2D eigenvalue weighted by atomic mass is 35.5. The van der Waals surface area contributed by atoms with Crippen LogP contribution in [0.2, 0.25) is 5.02 Å². The van der Waals surface area contributed by atoms with E-state index in [1.165, 1.54) is 18.1 Å². The number of carbonyl (C=O) groups is 3. The van der Waals surface area contributed by atoms with Gasteiger partial charge in [-0.25, -0.2) is 0 Å². The molecule has 2 amide bonds. The third-order valence-corrected chi connectivity index (χ3v) is 4.25. The molecule has 1 heterocycles. The molecule has 0 aliphatic carbocycles. The number of halogens is 4. The second-order valence-corrected chi connectivity index (χ2v) is 6.57. The van der Waals surface area contributed by atoms with Crippen LogP contribution in [0.15, 0.2) is 18.2 Å². The molecule has 0 saturated carbocycles. The second kappa shape index (κ2) is 8.68. The van der Waals surface area contributed by atoms with Gasteiger partial charge in [-0.05, 0) is 25.1 Å².